The minimum Gasteiger partial charge on any atom is -0.494 e. The fraction of sp³-hybridized carbons (Fsp3) is 0.360. The normalized spacial score (nSPS) is 13.4. The summed E-state index contributed by atoms with van der Waals surface area (Å²) in [6.07, 6.45) is 1.56. The van der Waals surface area contributed by atoms with Crippen LogP contribution in [0.5, 0.6) is 23.0 Å². The first-order chi connectivity index (χ1) is 16.0. The van der Waals surface area contributed by atoms with Crippen LogP contribution >= 0.6 is 0 Å². The van der Waals surface area contributed by atoms with E-state index >= 15 is 0 Å². The Morgan fingerprint density at radius 3 is 2.00 bits per heavy atom. The summed E-state index contributed by atoms with van der Waals surface area (Å²) in [7, 11) is 4.55. The minimum atomic E-state index is -0.378. The molecule has 0 fully saturated rings. The summed E-state index contributed by atoms with van der Waals surface area (Å²) >= 11 is 0. The number of hydrogen-bond donors (Lipinski definition) is 1. The third kappa shape index (κ3) is 4.89. The van der Waals surface area contributed by atoms with Gasteiger partial charge in [-0.1, -0.05) is 26.0 Å². The molecule has 2 aromatic rings. The number of carbonyl (C=O) groups excluding carboxylic acids is 2. The Kier molecular flexibility index (Phi) is 7.82. The van der Waals surface area contributed by atoms with E-state index in [0.717, 1.165) is 6.42 Å². The van der Waals surface area contributed by atoms with Gasteiger partial charge in [0.1, 0.15) is 11.4 Å². The lowest BCUT2D eigenvalue weighted by Crippen LogP contribution is -2.33. The summed E-state index contributed by atoms with van der Waals surface area (Å²) in [4.78, 5) is 27.7. The molecule has 2 aromatic carbocycles. The maximum atomic E-state index is 13.2. The second-order valence-electron chi connectivity index (χ2n) is 7.42. The molecule has 0 spiro atoms. The topological polar surface area (TPSA) is 86.3 Å². The Morgan fingerprint density at radius 2 is 1.48 bits per heavy atom. The minimum absolute atomic E-state index is 0.199. The average Bonchev–Trinajstić information content (AvgIpc) is 3.06. The van der Waals surface area contributed by atoms with E-state index in [2.05, 4.69) is 5.32 Å². The molecule has 8 heteroatoms. The van der Waals surface area contributed by atoms with Crippen LogP contribution in [-0.4, -0.2) is 51.2 Å². The van der Waals surface area contributed by atoms with Crippen molar-refractivity contribution >= 4 is 23.1 Å². The van der Waals surface area contributed by atoms with E-state index in [-0.39, 0.29) is 17.5 Å². The highest BCUT2D eigenvalue weighted by molar-refractivity contribution is 6.36. The molecular formula is C25H30N2O6. The summed E-state index contributed by atoms with van der Waals surface area (Å²) in [5.74, 6) is 1.30. The van der Waals surface area contributed by atoms with Crippen LogP contribution in [0.3, 0.4) is 0 Å². The molecule has 0 radical (unpaired) electrons. The molecule has 1 N–H and O–H groups in total. The molecule has 176 valence electrons. The molecule has 8 nitrogen and oxygen atoms in total. The van der Waals surface area contributed by atoms with Crippen LogP contribution in [0, 0.1) is 0 Å². The number of amides is 2. The quantitative estimate of drug-likeness (QED) is 0.512. The molecule has 0 atom stereocenters. The second kappa shape index (κ2) is 10.8. The number of rotatable bonds is 11. The van der Waals surface area contributed by atoms with Gasteiger partial charge in [-0.25, -0.2) is 0 Å². The summed E-state index contributed by atoms with van der Waals surface area (Å²) in [6.45, 7) is 4.90. The molecule has 0 saturated carbocycles. The van der Waals surface area contributed by atoms with Crippen LogP contribution in [0.1, 0.15) is 32.3 Å². The van der Waals surface area contributed by atoms with Crippen molar-refractivity contribution in [3.05, 3.63) is 47.7 Å². The summed E-state index contributed by atoms with van der Waals surface area (Å²) in [5.41, 5.74) is 1.67. The number of methoxy groups -OCH3 is 3. The zero-order valence-electron chi connectivity index (χ0n) is 19.7. The van der Waals surface area contributed by atoms with Crippen molar-refractivity contribution in [3.8, 4) is 23.0 Å². The Balaban J connectivity index is 2.05. The standard InChI is InChI=1S/C25H30N2O6/c1-6-12-27-24(28)21(16-8-10-18(11-9-16)33-13-7-2)22(25(27)29)26-17-14-19(30-3)23(32-5)20(15-17)31-4/h8-11,14-15,26H,6-7,12-13H2,1-5H3. The molecule has 0 unspecified atom stereocenters. The Morgan fingerprint density at radius 1 is 0.848 bits per heavy atom. The first-order valence-electron chi connectivity index (χ1n) is 10.9. The van der Waals surface area contributed by atoms with Gasteiger partial charge in [0.2, 0.25) is 5.75 Å². The second-order valence-corrected chi connectivity index (χ2v) is 7.42. The van der Waals surface area contributed by atoms with E-state index in [9.17, 15) is 9.59 Å². The number of carbonyl (C=O) groups is 2. The van der Waals surface area contributed by atoms with E-state index in [1.807, 2.05) is 13.8 Å². The zero-order valence-corrected chi connectivity index (χ0v) is 19.7. The maximum absolute atomic E-state index is 13.2. The van der Waals surface area contributed by atoms with Gasteiger partial charge in [-0.05, 0) is 30.5 Å². The number of hydrogen-bond acceptors (Lipinski definition) is 7. The van der Waals surface area contributed by atoms with Crippen molar-refractivity contribution in [2.45, 2.75) is 26.7 Å². The smallest absolute Gasteiger partial charge is 0.278 e. The van der Waals surface area contributed by atoms with Crippen molar-refractivity contribution in [2.24, 2.45) is 0 Å². The maximum Gasteiger partial charge on any atom is 0.278 e. The van der Waals surface area contributed by atoms with Crippen molar-refractivity contribution in [2.75, 3.05) is 39.8 Å². The first-order valence-corrected chi connectivity index (χ1v) is 10.9. The monoisotopic (exact) mass is 454 g/mol. The number of nitrogens with one attached hydrogen (secondary N) is 1. The van der Waals surface area contributed by atoms with E-state index in [1.54, 1.807) is 36.4 Å². The predicted octanol–water partition coefficient (Wildman–Crippen LogP) is 4.10. The van der Waals surface area contributed by atoms with E-state index in [4.69, 9.17) is 18.9 Å². The van der Waals surface area contributed by atoms with Crippen molar-refractivity contribution in [1.29, 1.82) is 0 Å². The molecule has 0 bridgehead atoms. The van der Waals surface area contributed by atoms with Crippen LogP contribution in [0.4, 0.5) is 5.69 Å². The molecule has 1 heterocycles. The summed E-state index contributed by atoms with van der Waals surface area (Å²) < 4.78 is 21.8. The van der Waals surface area contributed by atoms with Crippen LogP contribution < -0.4 is 24.3 Å². The van der Waals surface area contributed by atoms with E-state index in [1.165, 1.54) is 26.2 Å². The molecule has 33 heavy (non-hydrogen) atoms. The van der Waals surface area contributed by atoms with Gasteiger partial charge in [-0.3, -0.25) is 14.5 Å². The molecule has 0 aromatic heterocycles. The average molecular weight is 455 g/mol. The molecule has 0 aliphatic carbocycles. The lowest BCUT2D eigenvalue weighted by molar-refractivity contribution is -0.136. The molecule has 1 aliphatic heterocycles. The number of ether oxygens (including phenoxy) is 4. The predicted molar refractivity (Wildman–Crippen MR) is 126 cm³/mol. The highest BCUT2D eigenvalue weighted by Gasteiger charge is 2.38. The Bertz CT molecular complexity index is 1020. The third-order valence-corrected chi connectivity index (χ3v) is 5.17. The van der Waals surface area contributed by atoms with Crippen LogP contribution in [0.15, 0.2) is 42.1 Å². The number of anilines is 1. The first kappa shape index (κ1) is 24.0. The van der Waals surface area contributed by atoms with Gasteiger partial charge in [0.15, 0.2) is 11.5 Å². The van der Waals surface area contributed by atoms with Gasteiger partial charge in [0, 0.05) is 24.4 Å². The van der Waals surface area contributed by atoms with Gasteiger partial charge >= 0.3 is 0 Å². The number of benzene rings is 2. The van der Waals surface area contributed by atoms with Crippen molar-refractivity contribution in [1.82, 2.24) is 4.90 Å². The summed E-state index contributed by atoms with van der Waals surface area (Å²) in [5, 5.41) is 3.13. The molecular weight excluding hydrogens is 424 g/mol. The van der Waals surface area contributed by atoms with E-state index < -0.39 is 0 Å². The van der Waals surface area contributed by atoms with Crippen LogP contribution in [0.25, 0.3) is 5.57 Å². The molecule has 0 saturated heterocycles. The van der Waals surface area contributed by atoms with E-state index in [0.29, 0.717) is 59.4 Å². The molecule has 1 aliphatic rings. The van der Waals surface area contributed by atoms with Gasteiger partial charge in [-0.15, -0.1) is 0 Å². The Hall–Kier alpha value is -3.68. The largest absolute Gasteiger partial charge is 0.494 e. The van der Waals surface area contributed by atoms with Crippen molar-refractivity contribution < 1.29 is 28.5 Å². The van der Waals surface area contributed by atoms with Gasteiger partial charge in [-0.2, -0.15) is 0 Å². The lowest BCUT2D eigenvalue weighted by atomic mass is 10.0. The van der Waals surface area contributed by atoms with Gasteiger partial charge in [0.25, 0.3) is 11.8 Å². The fourth-order valence-corrected chi connectivity index (χ4v) is 3.62. The highest BCUT2D eigenvalue weighted by atomic mass is 16.5. The lowest BCUT2D eigenvalue weighted by Gasteiger charge is -2.16. The zero-order chi connectivity index (χ0) is 24.0. The van der Waals surface area contributed by atoms with Crippen LogP contribution in [-0.2, 0) is 9.59 Å². The van der Waals surface area contributed by atoms with Crippen molar-refractivity contribution in [3.63, 3.8) is 0 Å². The fourth-order valence-electron chi connectivity index (χ4n) is 3.62. The van der Waals surface area contributed by atoms with Gasteiger partial charge in [0.05, 0.1) is 33.5 Å². The van der Waals surface area contributed by atoms with Crippen LogP contribution in [0.2, 0.25) is 0 Å². The molecule has 2 amide bonds. The highest BCUT2D eigenvalue weighted by Crippen LogP contribution is 2.41. The number of nitrogens with zero attached hydrogens (tertiary/aromatic N) is 1. The summed E-state index contributed by atoms with van der Waals surface area (Å²) in [6, 6.07) is 10.6. The SMILES string of the molecule is CCCOc1ccc(C2=C(Nc3cc(OC)c(OC)c(OC)c3)C(=O)N(CCC)C2=O)cc1. The number of imide groups is 1. The van der Waals surface area contributed by atoms with Gasteiger partial charge < -0.3 is 24.3 Å². The Labute approximate surface area is 194 Å². The third-order valence-electron chi connectivity index (χ3n) is 5.17. The molecule has 3 rings (SSSR count).